The van der Waals surface area contributed by atoms with Crippen LogP contribution in [0, 0.1) is 18.3 Å². The van der Waals surface area contributed by atoms with Gasteiger partial charge >= 0.3 is 0 Å². The van der Waals surface area contributed by atoms with Crippen LogP contribution in [-0.2, 0) is 9.59 Å². The molecule has 2 amide bonds. The average Bonchev–Trinajstić information content (AvgIpc) is 4.04. The summed E-state index contributed by atoms with van der Waals surface area (Å²) in [5.41, 5.74) is 6.50. The van der Waals surface area contributed by atoms with Crippen LogP contribution in [-0.4, -0.2) is 79.0 Å². The highest BCUT2D eigenvalue weighted by molar-refractivity contribution is 7.18. The van der Waals surface area contributed by atoms with Gasteiger partial charge in [0.05, 0.1) is 33.9 Å². The number of phenolic OH excluding ortho intramolecular Hbond substituents is 1. The van der Waals surface area contributed by atoms with E-state index in [1.54, 1.807) is 34.8 Å². The van der Waals surface area contributed by atoms with Gasteiger partial charge in [-0.3, -0.25) is 9.59 Å². The fourth-order valence-corrected chi connectivity index (χ4v) is 11.3. The van der Waals surface area contributed by atoms with Crippen molar-refractivity contribution in [1.29, 1.82) is 0 Å². The first-order chi connectivity index (χ1) is 28.4. The number of benzene rings is 2. The van der Waals surface area contributed by atoms with Crippen LogP contribution in [0.3, 0.4) is 0 Å². The Morgan fingerprint density at radius 3 is 2.47 bits per heavy atom. The number of anilines is 1. The molecule has 2 aliphatic heterocycles. The predicted molar refractivity (Wildman–Crippen MR) is 229 cm³/mol. The van der Waals surface area contributed by atoms with Gasteiger partial charge in [0.15, 0.2) is 11.6 Å². The predicted octanol–water partition coefficient (Wildman–Crippen LogP) is 8.23. The van der Waals surface area contributed by atoms with Crippen molar-refractivity contribution in [3.63, 3.8) is 0 Å². The molecule has 6 aromatic rings. The minimum Gasteiger partial charge on any atom is -0.507 e. The first-order valence-corrected chi connectivity index (χ1v) is 22.2. The summed E-state index contributed by atoms with van der Waals surface area (Å²) in [6.45, 7) is 9.66. The number of para-hydroxylation sites is 1. The Labute approximate surface area is 351 Å². The van der Waals surface area contributed by atoms with E-state index in [0.717, 1.165) is 76.5 Å². The summed E-state index contributed by atoms with van der Waals surface area (Å²) in [6, 6.07) is 20.4. The van der Waals surface area contributed by atoms with E-state index >= 15 is 0 Å². The summed E-state index contributed by atoms with van der Waals surface area (Å²) in [6.07, 6.45) is 3.75. The zero-order valence-electron chi connectivity index (χ0n) is 33.7. The molecule has 2 saturated heterocycles. The molecule has 6 heterocycles. The topological polar surface area (TPSA) is 158 Å². The Kier molecular flexibility index (Phi) is 10.5. The van der Waals surface area contributed by atoms with E-state index in [1.807, 2.05) is 81.7 Å². The number of hydrogen-bond donors (Lipinski definition) is 3. The molecule has 12 nitrogen and oxygen atoms in total. The molecule has 59 heavy (non-hydrogen) atoms. The number of β-amino-alcohol motifs (C(OH)–C–C–N with tert-alkyl or cyclic N) is 1. The number of aryl methyl sites for hydroxylation is 1. The lowest BCUT2D eigenvalue weighted by Crippen LogP contribution is -2.48. The van der Waals surface area contributed by atoms with E-state index in [2.05, 4.69) is 36.6 Å². The number of aromatic nitrogens is 4. The number of amides is 2. The Bertz CT molecular complexity index is 2480. The third kappa shape index (κ3) is 7.62. The molecule has 1 spiro atoms. The van der Waals surface area contributed by atoms with Gasteiger partial charge in [0.2, 0.25) is 11.8 Å². The molecule has 3 N–H and O–H groups in total. The second kappa shape index (κ2) is 15.8. The molecule has 3 aliphatic rings. The third-order valence-electron chi connectivity index (χ3n) is 12.8. The van der Waals surface area contributed by atoms with E-state index in [4.69, 9.17) is 4.52 Å². The van der Waals surface area contributed by atoms with E-state index in [1.165, 1.54) is 9.78 Å². The molecule has 9 rings (SSSR count). The van der Waals surface area contributed by atoms with Gasteiger partial charge in [-0.1, -0.05) is 55.4 Å². The quantitative estimate of drug-likeness (QED) is 0.123. The van der Waals surface area contributed by atoms with Crippen LogP contribution < -0.4 is 10.2 Å². The molecule has 14 heteroatoms. The van der Waals surface area contributed by atoms with Gasteiger partial charge in [0, 0.05) is 47.9 Å². The number of aliphatic hydroxyl groups excluding tert-OH is 1. The molecule has 0 bridgehead atoms. The standard InChI is InChI=1S/C45H49N7O5S2/c1-25(2)40(44(56)52-23-32(53)19-35(52)42(55)47-26(3)28-9-11-29(12-10-28)41-27(4)46-24-58-41)37-20-39(50-57-37)51-15-13-45(14-16-51)21-31(22-45)38-18-30-17-34(48-49-43(30)59-38)33-7-5-6-8-36(33)54/h5-12,17-18,20,24-26,31-32,35,40,53-54H,13-16,19,21-23H2,1-4H3,(H,47,55)/t26-,32+,35-,40+/m0/s1. The summed E-state index contributed by atoms with van der Waals surface area (Å²) < 4.78 is 5.92. The van der Waals surface area contributed by atoms with Crippen molar-refractivity contribution in [3.8, 4) is 27.4 Å². The lowest BCUT2D eigenvalue weighted by molar-refractivity contribution is -0.141. The van der Waals surface area contributed by atoms with Crippen molar-refractivity contribution >= 4 is 50.5 Å². The maximum Gasteiger partial charge on any atom is 0.243 e. The molecule has 3 fully saturated rings. The van der Waals surface area contributed by atoms with Crippen molar-refractivity contribution in [1.82, 2.24) is 30.6 Å². The molecule has 0 radical (unpaired) electrons. The van der Waals surface area contributed by atoms with Crippen LogP contribution in [0.15, 0.2) is 76.8 Å². The highest BCUT2D eigenvalue weighted by Gasteiger charge is 2.48. The number of aromatic hydroxyl groups is 1. The van der Waals surface area contributed by atoms with Gasteiger partial charge in [-0.2, -0.15) is 0 Å². The minimum absolute atomic E-state index is 0.0851. The van der Waals surface area contributed by atoms with E-state index < -0.39 is 18.1 Å². The van der Waals surface area contributed by atoms with E-state index in [9.17, 15) is 19.8 Å². The Morgan fingerprint density at radius 2 is 1.76 bits per heavy atom. The van der Waals surface area contributed by atoms with Crippen LogP contribution in [0.1, 0.15) is 92.6 Å². The summed E-state index contributed by atoms with van der Waals surface area (Å²) in [4.78, 5) is 39.6. The minimum atomic E-state index is -0.799. The number of nitrogens with zero attached hydrogens (tertiary/aromatic N) is 6. The van der Waals surface area contributed by atoms with E-state index in [-0.39, 0.29) is 42.5 Å². The van der Waals surface area contributed by atoms with Crippen LogP contribution >= 0.6 is 22.7 Å². The first-order valence-electron chi connectivity index (χ1n) is 20.5. The first kappa shape index (κ1) is 39.3. The normalized spacial score (nSPS) is 20.3. The molecule has 1 saturated carbocycles. The van der Waals surface area contributed by atoms with Crippen LogP contribution in [0.4, 0.5) is 5.82 Å². The zero-order chi connectivity index (χ0) is 41.0. The zero-order valence-corrected chi connectivity index (χ0v) is 35.3. The number of carbonyl (C=O) groups is 2. The lowest BCUT2D eigenvalue weighted by atomic mass is 9.57. The molecule has 4 aromatic heterocycles. The average molecular weight is 832 g/mol. The number of thiazole rings is 1. The summed E-state index contributed by atoms with van der Waals surface area (Å²) >= 11 is 3.32. The summed E-state index contributed by atoms with van der Waals surface area (Å²) in [7, 11) is 0. The molecule has 4 atom stereocenters. The summed E-state index contributed by atoms with van der Waals surface area (Å²) in [5, 5.41) is 38.6. The van der Waals surface area contributed by atoms with Gasteiger partial charge in [-0.05, 0) is 92.2 Å². The number of thiophene rings is 1. The number of nitrogens with one attached hydrogen (secondary N) is 1. The van der Waals surface area contributed by atoms with Crippen molar-refractivity contribution in [2.45, 2.75) is 89.8 Å². The largest absolute Gasteiger partial charge is 0.507 e. The SMILES string of the molecule is Cc1ncsc1-c1ccc([C@H](C)NC(=O)[C@@H]2C[C@@H](O)CN2C(=O)[C@@H](c2cc(N3CCC4(CC3)CC(c3cc5cc(-c6ccccc6O)nnc5s3)C4)no2)C(C)C)cc1. The van der Waals surface area contributed by atoms with E-state index in [0.29, 0.717) is 28.4 Å². The molecule has 0 unspecified atom stereocenters. The molecule has 2 aromatic carbocycles. The van der Waals surface area contributed by atoms with Gasteiger partial charge < -0.3 is 29.9 Å². The highest BCUT2D eigenvalue weighted by Crippen LogP contribution is 2.58. The number of likely N-dealkylation sites (tertiary alicyclic amines) is 1. The second-order valence-corrected chi connectivity index (χ2v) is 19.0. The smallest absolute Gasteiger partial charge is 0.243 e. The monoisotopic (exact) mass is 831 g/mol. The van der Waals surface area contributed by atoms with Gasteiger partial charge in [-0.25, -0.2) is 4.98 Å². The number of carbonyl (C=O) groups excluding carboxylic acids is 2. The summed E-state index contributed by atoms with van der Waals surface area (Å²) in [5.74, 6) is 0.597. The number of phenols is 1. The van der Waals surface area contributed by atoms with Gasteiger partial charge in [0.25, 0.3) is 0 Å². The highest BCUT2D eigenvalue weighted by atomic mass is 32.1. The number of hydrogen-bond acceptors (Lipinski definition) is 12. The van der Waals surface area contributed by atoms with Crippen molar-refractivity contribution in [2.24, 2.45) is 11.3 Å². The molecular formula is C45H49N7O5S2. The molecule has 1 aliphatic carbocycles. The Morgan fingerprint density at radius 1 is 1.00 bits per heavy atom. The number of aliphatic hydroxyl groups is 1. The van der Waals surface area contributed by atoms with Crippen molar-refractivity contribution in [2.75, 3.05) is 24.5 Å². The third-order valence-corrected chi connectivity index (χ3v) is 15.0. The Balaban J connectivity index is 0.813. The van der Waals surface area contributed by atoms with Crippen molar-refractivity contribution < 1.29 is 24.3 Å². The second-order valence-electron chi connectivity index (χ2n) is 17.1. The van der Waals surface area contributed by atoms with Crippen LogP contribution in [0.25, 0.3) is 31.9 Å². The van der Waals surface area contributed by atoms with Crippen molar-refractivity contribution in [3.05, 3.63) is 94.1 Å². The van der Waals surface area contributed by atoms with Crippen LogP contribution in [0.5, 0.6) is 5.75 Å². The molecule has 306 valence electrons. The maximum absolute atomic E-state index is 14.3. The van der Waals surface area contributed by atoms with Gasteiger partial charge in [0.1, 0.15) is 22.5 Å². The maximum atomic E-state index is 14.3. The Hall–Kier alpha value is -5.18. The molecular weight excluding hydrogens is 783 g/mol. The fourth-order valence-electron chi connectivity index (χ4n) is 9.39. The van der Waals surface area contributed by atoms with Crippen LogP contribution in [0.2, 0.25) is 0 Å². The lowest BCUT2D eigenvalue weighted by Gasteiger charge is -2.52. The number of rotatable bonds is 10. The fraction of sp³-hybridized carbons (Fsp3) is 0.422. The number of piperidine rings is 1. The van der Waals surface area contributed by atoms with Gasteiger partial charge in [-0.15, -0.1) is 32.9 Å². The number of fused-ring (bicyclic) bond motifs is 1.